The maximum Gasteiger partial charge on any atom is 0.272 e. The van der Waals surface area contributed by atoms with E-state index in [-0.39, 0.29) is 11.8 Å². The van der Waals surface area contributed by atoms with Crippen LogP contribution in [0.4, 0.5) is 17.1 Å². The number of carbonyl (C=O) groups excluding carboxylic acids is 2. The maximum atomic E-state index is 13.6. The van der Waals surface area contributed by atoms with Crippen molar-refractivity contribution in [1.82, 2.24) is 4.98 Å². The lowest BCUT2D eigenvalue weighted by Gasteiger charge is -2.15. The fourth-order valence-electron chi connectivity index (χ4n) is 3.56. The lowest BCUT2D eigenvalue weighted by molar-refractivity contribution is -0.115. The van der Waals surface area contributed by atoms with Gasteiger partial charge in [-0.15, -0.1) is 0 Å². The molecule has 1 saturated heterocycles. The molecule has 1 aromatic heterocycles. The molecule has 0 aliphatic carbocycles. The number of likely N-dealkylation sites (N-methyl/N-ethyl adjacent to an activating group) is 1. The standard InChI is InChI=1S/C23H15ClN4O2S/c1-27-18-10-6-5-9-15(18)19(21(27)29)20-22(30)28(14-7-3-2-4-8-14)23(31-20)26-17-11-12-25-13-16(17)24/h2-13H,1H3/b20-19-,26-23?. The Morgan fingerprint density at radius 1 is 0.968 bits per heavy atom. The molecule has 0 atom stereocenters. The van der Waals surface area contributed by atoms with E-state index in [9.17, 15) is 9.59 Å². The van der Waals surface area contributed by atoms with E-state index < -0.39 is 0 Å². The zero-order valence-electron chi connectivity index (χ0n) is 16.3. The zero-order valence-corrected chi connectivity index (χ0v) is 17.9. The molecule has 31 heavy (non-hydrogen) atoms. The van der Waals surface area contributed by atoms with Gasteiger partial charge in [0, 0.05) is 25.0 Å². The van der Waals surface area contributed by atoms with Gasteiger partial charge < -0.3 is 4.90 Å². The highest BCUT2D eigenvalue weighted by Gasteiger charge is 2.42. The fourth-order valence-corrected chi connectivity index (χ4v) is 4.80. The first-order valence-corrected chi connectivity index (χ1v) is 10.6. The second kappa shape index (κ2) is 7.68. The SMILES string of the molecule is CN1C(=O)/C(=C2\SC(=Nc3ccncc3Cl)N(c3ccccc3)C2=O)c2ccccc21. The predicted octanol–water partition coefficient (Wildman–Crippen LogP) is 4.89. The van der Waals surface area contributed by atoms with Crippen LogP contribution in [0.15, 0.2) is 83.0 Å². The number of anilines is 2. The lowest BCUT2D eigenvalue weighted by atomic mass is 10.1. The van der Waals surface area contributed by atoms with Gasteiger partial charge in [-0.2, -0.15) is 0 Å². The summed E-state index contributed by atoms with van der Waals surface area (Å²) >= 11 is 7.42. The van der Waals surface area contributed by atoms with E-state index in [2.05, 4.69) is 9.98 Å². The number of thioether (sulfide) groups is 1. The number of hydrogen-bond acceptors (Lipinski definition) is 5. The summed E-state index contributed by atoms with van der Waals surface area (Å²) in [6.45, 7) is 0. The van der Waals surface area contributed by atoms with Crippen molar-refractivity contribution in [3.8, 4) is 0 Å². The number of amidine groups is 1. The molecule has 8 heteroatoms. The van der Waals surface area contributed by atoms with E-state index in [1.165, 1.54) is 22.9 Å². The summed E-state index contributed by atoms with van der Waals surface area (Å²) in [6, 6.07) is 18.3. The molecule has 3 aromatic rings. The predicted molar refractivity (Wildman–Crippen MR) is 125 cm³/mol. The molecule has 0 spiro atoms. The minimum atomic E-state index is -0.298. The molecule has 0 bridgehead atoms. The molecule has 0 radical (unpaired) electrons. The van der Waals surface area contributed by atoms with Crippen molar-refractivity contribution in [1.29, 1.82) is 0 Å². The molecule has 2 aliphatic rings. The minimum absolute atomic E-state index is 0.215. The van der Waals surface area contributed by atoms with Gasteiger partial charge in [0.15, 0.2) is 5.17 Å². The fraction of sp³-hybridized carbons (Fsp3) is 0.0435. The highest BCUT2D eigenvalue weighted by atomic mass is 35.5. The van der Waals surface area contributed by atoms with E-state index in [0.717, 1.165) is 11.3 Å². The lowest BCUT2D eigenvalue weighted by Crippen LogP contribution is -2.29. The van der Waals surface area contributed by atoms with Crippen LogP contribution in [0, 0.1) is 0 Å². The normalized spacial score (nSPS) is 19.5. The Balaban J connectivity index is 1.71. The number of aromatic nitrogens is 1. The highest BCUT2D eigenvalue weighted by molar-refractivity contribution is 8.19. The number of hydrogen-bond donors (Lipinski definition) is 0. The van der Waals surface area contributed by atoms with Gasteiger partial charge in [-0.25, -0.2) is 4.99 Å². The van der Waals surface area contributed by atoms with Crippen molar-refractivity contribution < 1.29 is 9.59 Å². The van der Waals surface area contributed by atoms with E-state index >= 15 is 0 Å². The molecular formula is C23H15ClN4O2S. The first-order chi connectivity index (χ1) is 15.1. The van der Waals surface area contributed by atoms with Crippen molar-refractivity contribution in [3.63, 3.8) is 0 Å². The van der Waals surface area contributed by atoms with Crippen LogP contribution in [0.25, 0.3) is 5.57 Å². The van der Waals surface area contributed by atoms with Crippen molar-refractivity contribution in [2.75, 3.05) is 16.8 Å². The zero-order chi connectivity index (χ0) is 21.5. The average Bonchev–Trinajstić information content (AvgIpc) is 3.24. The number of para-hydroxylation sites is 2. The number of amides is 2. The van der Waals surface area contributed by atoms with E-state index in [4.69, 9.17) is 11.6 Å². The van der Waals surface area contributed by atoms with Gasteiger partial charge >= 0.3 is 0 Å². The van der Waals surface area contributed by atoms with Gasteiger partial charge in [0.1, 0.15) is 0 Å². The summed E-state index contributed by atoms with van der Waals surface area (Å²) < 4.78 is 0. The number of aliphatic imine (C=N–C) groups is 1. The second-order valence-corrected chi connectivity index (χ2v) is 8.27. The molecule has 0 saturated carbocycles. The van der Waals surface area contributed by atoms with Crippen molar-refractivity contribution >= 4 is 63.0 Å². The van der Waals surface area contributed by atoms with Crippen molar-refractivity contribution in [3.05, 3.63) is 88.5 Å². The van der Waals surface area contributed by atoms with Crippen LogP contribution < -0.4 is 9.80 Å². The Morgan fingerprint density at radius 3 is 2.48 bits per heavy atom. The monoisotopic (exact) mass is 446 g/mol. The Kier molecular flexibility index (Phi) is 4.84. The van der Waals surface area contributed by atoms with Crippen LogP contribution in [-0.4, -0.2) is 29.0 Å². The molecule has 152 valence electrons. The van der Waals surface area contributed by atoms with Crippen molar-refractivity contribution in [2.45, 2.75) is 0 Å². The largest absolute Gasteiger partial charge is 0.311 e. The van der Waals surface area contributed by atoms with Gasteiger partial charge in [0.2, 0.25) is 0 Å². The Bertz CT molecular complexity index is 1290. The Morgan fingerprint density at radius 2 is 1.71 bits per heavy atom. The first kappa shape index (κ1) is 19.5. The van der Waals surface area contributed by atoms with Crippen LogP contribution in [0.1, 0.15) is 5.56 Å². The Hall–Kier alpha value is -3.42. The summed E-state index contributed by atoms with van der Waals surface area (Å²) in [4.78, 5) is 38.7. The molecule has 1 fully saturated rings. The summed E-state index contributed by atoms with van der Waals surface area (Å²) in [7, 11) is 1.71. The third-order valence-corrected chi connectivity index (χ3v) is 6.37. The molecule has 5 rings (SSSR count). The molecular weight excluding hydrogens is 432 g/mol. The summed E-state index contributed by atoms with van der Waals surface area (Å²) in [5.41, 5.74) is 3.06. The molecule has 6 nitrogen and oxygen atoms in total. The van der Waals surface area contributed by atoms with Gasteiger partial charge in [-0.1, -0.05) is 48.0 Å². The smallest absolute Gasteiger partial charge is 0.272 e. The number of pyridine rings is 1. The quantitative estimate of drug-likeness (QED) is 0.526. The van der Waals surface area contributed by atoms with Crippen molar-refractivity contribution in [2.24, 2.45) is 4.99 Å². The van der Waals surface area contributed by atoms with E-state index in [1.807, 2.05) is 54.6 Å². The first-order valence-electron chi connectivity index (χ1n) is 9.43. The molecule has 2 aliphatic heterocycles. The molecule has 2 aromatic carbocycles. The highest BCUT2D eigenvalue weighted by Crippen LogP contribution is 2.45. The molecule has 0 unspecified atom stereocenters. The van der Waals surface area contributed by atoms with Crippen LogP contribution in [0.3, 0.4) is 0 Å². The maximum absolute atomic E-state index is 13.6. The number of halogens is 1. The third-order valence-electron chi connectivity index (χ3n) is 5.04. The van der Waals surface area contributed by atoms with Gasteiger partial charge in [0.25, 0.3) is 11.8 Å². The summed E-state index contributed by atoms with van der Waals surface area (Å²) in [5, 5.41) is 0.797. The van der Waals surface area contributed by atoms with Crippen LogP contribution in [0.2, 0.25) is 5.02 Å². The van der Waals surface area contributed by atoms with Crippen LogP contribution in [0.5, 0.6) is 0 Å². The van der Waals surface area contributed by atoms with E-state index in [1.54, 1.807) is 24.2 Å². The number of carbonyl (C=O) groups is 2. The third kappa shape index (κ3) is 3.22. The number of benzene rings is 2. The van der Waals surface area contributed by atoms with Crippen LogP contribution >= 0.6 is 23.4 Å². The second-order valence-electron chi connectivity index (χ2n) is 6.89. The number of fused-ring (bicyclic) bond motifs is 1. The number of rotatable bonds is 2. The minimum Gasteiger partial charge on any atom is -0.311 e. The molecule has 0 N–H and O–H groups in total. The van der Waals surface area contributed by atoms with Crippen LogP contribution in [-0.2, 0) is 9.59 Å². The van der Waals surface area contributed by atoms with Gasteiger partial charge in [-0.05, 0) is 36.0 Å². The molecule has 2 amide bonds. The van der Waals surface area contributed by atoms with Gasteiger partial charge in [0.05, 0.1) is 32.6 Å². The average molecular weight is 447 g/mol. The van der Waals surface area contributed by atoms with Gasteiger partial charge in [-0.3, -0.25) is 19.5 Å². The number of nitrogens with zero attached hydrogens (tertiary/aromatic N) is 4. The molecule has 3 heterocycles. The summed E-state index contributed by atoms with van der Waals surface area (Å²) in [5.74, 6) is -0.512. The Labute approximate surface area is 187 Å². The topological polar surface area (TPSA) is 65.9 Å². The summed E-state index contributed by atoms with van der Waals surface area (Å²) in [6.07, 6.45) is 3.09. The van der Waals surface area contributed by atoms with E-state index in [0.29, 0.717) is 32.0 Å².